The molecule has 0 bridgehead atoms. The minimum absolute atomic E-state index is 0.315. The van der Waals surface area contributed by atoms with Gasteiger partial charge in [-0.05, 0) is 58.0 Å². The van der Waals surface area contributed by atoms with Gasteiger partial charge in [-0.25, -0.2) is 4.39 Å². The summed E-state index contributed by atoms with van der Waals surface area (Å²) in [4.78, 5) is 2.15. The molecule has 2 nitrogen and oxygen atoms in total. The van der Waals surface area contributed by atoms with E-state index in [0.29, 0.717) is 5.56 Å². The molecule has 19 heavy (non-hydrogen) atoms. The molecule has 1 N–H and O–H groups in total. The van der Waals surface area contributed by atoms with Gasteiger partial charge in [0.25, 0.3) is 0 Å². The Morgan fingerprint density at radius 2 is 1.74 bits per heavy atom. The van der Waals surface area contributed by atoms with Gasteiger partial charge in [-0.15, -0.1) is 0 Å². The summed E-state index contributed by atoms with van der Waals surface area (Å²) in [6.45, 7) is 13.4. The molecule has 0 saturated heterocycles. The highest BCUT2D eigenvalue weighted by molar-refractivity contribution is 5.35. The van der Waals surface area contributed by atoms with Crippen LogP contribution in [0.5, 0.6) is 0 Å². The number of aliphatic hydroxyl groups excluding tert-OH is 1. The number of hydrogen-bond donors (Lipinski definition) is 1. The Labute approximate surface area is 116 Å². The summed E-state index contributed by atoms with van der Waals surface area (Å²) in [5.74, 6) is -0.315. The van der Waals surface area contributed by atoms with Crippen molar-refractivity contribution in [2.75, 3.05) is 13.1 Å². The van der Waals surface area contributed by atoms with Crippen molar-refractivity contribution in [2.45, 2.75) is 53.2 Å². The van der Waals surface area contributed by atoms with Crippen LogP contribution in [0.15, 0.2) is 12.1 Å². The molecule has 0 radical (unpaired) electrons. The van der Waals surface area contributed by atoms with E-state index in [1.54, 1.807) is 0 Å². The summed E-state index contributed by atoms with van der Waals surface area (Å²) in [7, 11) is 0. The standard InChI is InChI=1S/C16H26FNO/c1-7-18(8-2)16(5,6)15(19)14-12(4)9-11(3)10-13(14)17/h9-10,15,19H,7-8H2,1-6H3. The van der Waals surface area contributed by atoms with Crippen molar-refractivity contribution in [3.8, 4) is 0 Å². The molecule has 0 spiro atoms. The van der Waals surface area contributed by atoms with E-state index in [1.165, 1.54) is 6.07 Å². The van der Waals surface area contributed by atoms with Gasteiger partial charge in [-0.1, -0.05) is 19.9 Å². The number of aliphatic hydroxyl groups is 1. The minimum atomic E-state index is -0.840. The van der Waals surface area contributed by atoms with Gasteiger partial charge in [0.15, 0.2) is 0 Å². The van der Waals surface area contributed by atoms with E-state index in [1.807, 2.05) is 33.8 Å². The summed E-state index contributed by atoms with van der Waals surface area (Å²) in [6, 6.07) is 3.41. The highest BCUT2D eigenvalue weighted by Crippen LogP contribution is 2.34. The van der Waals surface area contributed by atoms with Gasteiger partial charge in [-0.3, -0.25) is 4.90 Å². The van der Waals surface area contributed by atoms with E-state index in [0.717, 1.165) is 24.2 Å². The SMILES string of the molecule is CCN(CC)C(C)(C)C(O)c1c(C)cc(C)cc1F. The molecule has 1 atom stereocenters. The van der Waals surface area contributed by atoms with Crippen molar-refractivity contribution < 1.29 is 9.50 Å². The average molecular weight is 267 g/mol. The maximum atomic E-state index is 14.2. The van der Waals surface area contributed by atoms with Crippen LogP contribution >= 0.6 is 0 Å². The average Bonchev–Trinajstić information content (AvgIpc) is 2.28. The van der Waals surface area contributed by atoms with Crippen molar-refractivity contribution in [2.24, 2.45) is 0 Å². The van der Waals surface area contributed by atoms with Crippen LogP contribution in [-0.4, -0.2) is 28.6 Å². The molecule has 0 aliphatic rings. The van der Waals surface area contributed by atoms with Gasteiger partial charge >= 0.3 is 0 Å². The third kappa shape index (κ3) is 3.15. The van der Waals surface area contributed by atoms with Crippen LogP contribution in [0.4, 0.5) is 4.39 Å². The second kappa shape index (κ2) is 6.02. The predicted molar refractivity (Wildman–Crippen MR) is 77.8 cm³/mol. The van der Waals surface area contributed by atoms with Crippen LogP contribution in [0.3, 0.4) is 0 Å². The number of rotatable bonds is 5. The zero-order valence-electron chi connectivity index (χ0n) is 12.9. The summed E-state index contributed by atoms with van der Waals surface area (Å²) >= 11 is 0. The Kier molecular flexibility index (Phi) is 5.11. The van der Waals surface area contributed by atoms with Gasteiger partial charge in [0.2, 0.25) is 0 Å². The molecule has 0 saturated carbocycles. The molecule has 0 fully saturated rings. The highest BCUT2D eigenvalue weighted by atomic mass is 19.1. The molecule has 0 aliphatic carbocycles. The van der Waals surface area contributed by atoms with Gasteiger partial charge in [0.05, 0.1) is 6.10 Å². The third-order valence-electron chi connectivity index (χ3n) is 4.00. The lowest BCUT2D eigenvalue weighted by Gasteiger charge is -2.41. The fourth-order valence-electron chi connectivity index (χ4n) is 2.84. The van der Waals surface area contributed by atoms with Crippen LogP contribution in [0.2, 0.25) is 0 Å². The largest absolute Gasteiger partial charge is 0.386 e. The molecule has 3 heteroatoms. The van der Waals surface area contributed by atoms with Gasteiger partial charge in [0.1, 0.15) is 5.82 Å². The number of aryl methyl sites for hydroxylation is 2. The molecular weight excluding hydrogens is 241 g/mol. The Hall–Kier alpha value is -0.930. The molecule has 0 aliphatic heterocycles. The molecule has 0 amide bonds. The zero-order valence-corrected chi connectivity index (χ0v) is 12.9. The third-order valence-corrected chi connectivity index (χ3v) is 4.00. The number of benzene rings is 1. The van der Waals surface area contributed by atoms with Crippen LogP contribution in [0, 0.1) is 19.7 Å². The summed E-state index contributed by atoms with van der Waals surface area (Å²) < 4.78 is 14.2. The van der Waals surface area contributed by atoms with Crippen molar-refractivity contribution >= 4 is 0 Å². The van der Waals surface area contributed by atoms with E-state index in [9.17, 15) is 9.50 Å². The lowest BCUT2D eigenvalue weighted by atomic mass is 9.86. The lowest BCUT2D eigenvalue weighted by molar-refractivity contribution is -0.00849. The van der Waals surface area contributed by atoms with E-state index in [-0.39, 0.29) is 5.82 Å². The van der Waals surface area contributed by atoms with E-state index in [4.69, 9.17) is 0 Å². The highest BCUT2D eigenvalue weighted by Gasteiger charge is 2.36. The Morgan fingerprint density at radius 3 is 2.16 bits per heavy atom. The number of likely N-dealkylation sites (N-methyl/N-ethyl adjacent to an activating group) is 1. The smallest absolute Gasteiger partial charge is 0.129 e. The van der Waals surface area contributed by atoms with E-state index >= 15 is 0 Å². The molecule has 1 rings (SSSR count). The maximum absolute atomic E-state index is 14.2. The summed E-state index contributed by atoms with van der Waals surface area (Å²) in [5.41, 5.74) is 1.61. The minimum Gasteiger partial charge on any atom is -0.386 e. The molecule has 1 aromatic rings. The van der Waals surface area contributed by atoms with Gasteiger partial charge in [-0.2, -0.15) is 0 Å². The van der Waals surface area contributed by atoms with E-state index in [2.05, 4.69) is 18.7 Å². The van der Waals surface area contributed by atoms with Crippen molar-refractivity contribution in [1.29, 1.82) is 0 Å². The normalized spacial score (nSPS) is 13.9. The number of halogens is 1. The first-order valence-corrected chi connectivity index (χ1v) is 6.95. The van der Waals surface area contributed by atoms with Crippen molar-refractivity contribution in [3.63, 3.8) is 0 Å². The second-order valence-electron chi connectivity index (χ2n) is 5.71. The lowest BCUT2D eigenvalue weighted by Crippen LogP contribution is -2.48. The maximum Gasteiger partial charge on any atom is 0.129 e. The van der Waals surface area contributed by atoms with Crippen LogP contribution in [0.1, 0.15) is 50.5 Å². The second-order valence-corrected chi connectivity index (χ2v) is 5.71. The Morgan fingerprint density at radius 1 is 1.21 bits per heavy atom. The molecule has 0 aromatic heterocycles. The summed E-state index contributed by atoms with van der Waals surface area (Å²) in [6.07, 6.45) is -0.840. The topological polar surface area (TPSA) is 23.5 Å². The summed E-state index contributed by atoms with van der Waals surface area (Å²) in [5, 5.41) is 10.7. The van der Waals surface area contributed by atoms with Crippen LogP contribution in [-0.2, 0) is 0 Å². The number of nitrogens with zero attached hydrogens (tertiary/aromatic N) is 1. The number of hydrogen-bond acceptors (Lipinski definition) is 2. The quantitative estimate of drug-likeness (QED) is 0.881. The van der Waals surface area contributed by atoms with Crippen molar-refractivity contribution in [3.05, 3.63) is 34.6 Å². The molecular formula is C16H26FNO. The molecule has 0 heterocycles. The first kappa shape index (κ1) is 16.1. The fraction of sp³-hybridized carbons (Fsp3) is 0.625. The Bertz CT molecular complexity index is 415. The van der Waals surface area contributed by atoms with Crippen LogP contribution in [0.25, 0.3) is 0 Å². The zero-order chi connectivity index (χ0) is 14.8. The van der Waals surface area contributed by atoms with Gasteiger partial charge in [0, 0.05) is 11.1 Å². The first-order valence-electron chi connectivity index (χ1n) is 6.95. The fourth-order valence-corrected chi connectivity index (χ4v) is 2.84. The Balaban J connectivity index is 3.23. The van der Waals surface area contributed by atoms with Crippen LogP contribution < -0.4 is 0 Å². The molecule has 1 unspecified atom stereocenters. The first-order chi connectivity index (χ1) is 8.75. The van der Waals surface area contributed by atoms with Crippen molar-refractivity contribution in [1.82, 2.24) is 4.90 Å². The van der Waals surface area contributed by atoms with Gasteiger partial charge < -0.3 is 5.11 Å². The molecule has 1 aromatic carbocycles. The molecule has 108 valence electrons. The monoisotopic (exact) mass is 267 g/mol. The van der Waals surface area contributed by atoms with E-state index < -0.39 is 11.6 Å². The predicted octanol–water partition coefficient (Wildman–Crippen LogP) is 3.60.